The summed E-state index contributed by atoms with van der Waals surface area (Å²) in [5.74, 6) is 0. The van der Waals surface area contributed by atoms with E-state index >= 15 is 0 Å². The molecule has 0 bridgehead atoms. The molecule has 0 aliphatic rings. The van der Waals surface area contributed by atoms with Crippen molar-refractivity contribution in [3.63, 3.8) is 0 Å². The molecule has 0 amide bonds. The summed E-state index contributed by atoms with van der Waals surface area (Å²) in [5.41, 5.74) is 3.84. The van der Waals surface area contributed by atoms with Crippen LogP contribution in [0.25, 0.3) is 11.1 Å². The summed E-state index contributed by atoms with van der Waals surface area (Å²) in [6.45, 7) is 2.10. The minimum atomic E-state index is 1.20. The van der Waals surface area contributed by atoms with Gasteiger partial charge in [0.15, 0.2) is 0 Å². The van der Waals surface area contributed by atoms with Crippen LogP contribution in [0.3, 0.4) is 0 Å². The molecule has 1 heteroatoms. The van der Waals surface area contributed by atoms with Crippen LogP contribution in [0.5, 0.6) is 0 Å². The number of hydrogen-bond donors (Lipinski definition) is 0. The third-order valence-electron chi connectivity index (χ3n) is 2.25. The van der Waals surface area contributed by atoms with E-state index in [0.717, 1.165) is 0 Å². The van der Waals surface area contributed by atoms with Crippen LogP contribution in [0.4, 0.5) is 0 Å². The van der Waals surface area contributed by atoms with Gasteiger partial charge >= 0.3 is 92.6 Å². The summed E-state index contributed by atoms with van der Waals surface area (Å²) in [6, 6.07) is 16.9. The van der Waals surface area contributed by atoms with Crippen LogP contribution in [-0.2, 0) is 0 Å². The monoisotopic (exact) mass is 247 g/mol. The molecule has 0 saturated carbocycles. The molecule has 0 atom stereocenters. The quantitative estimate of drug-likeness (QED) is 0.678. The van der Waals surface area contributed by atoms with E-state index in [4.69, 9.17) is 0 Å². The molecule has 0 unspecified atom stereocenters. The van der Waals surface area contributed by atoms with E-state index in [2.05, 4.69) is 65.4 Å². The predicted octanol–water partition coefficient (Wildman–Crippen LogP) is 2.46. The Morgan fingerprint density at radius 3 is 2.14 bits per heavy atom. The van der Waals surface area contributed by atoms with Gasteiger partial charge in [-0.2, -0.15) is 0 Å². The summed E-state index contributed by atoms with van der Waals surface area (Å²) in [5, 5.41) is 0. The SMILES string of the molecule is Cc1ccc(-c2ccccc2[Se])cc1. The minimum absolute atomic E-state index is 1.20. The van der Waals surface area contributed by atoms with E-state index < -0.39 is 0 Å². The van der Waals surface area contributed by atoms with E-state index in [-0.39, 0.29) is 0 Å². The normalized spacial score (nSPS) is 10.1. The van der Waals surface area contributed by atoms with E-state index in [1.165, 1.54) is 21.2 Å². The molecule has 2 rings (SSSR count). The zero-order chi connectivity index (χ0) is 9.97. The topological polar surface area (TPSA) is 0 Å². The second kappa shape index (κ2) is 4.00. The van der Waals surface area contributed by atoms with Crippen LogP contribution < -0.4 is 4.46 Å². The van der Waals surface area contributed by atoms with Gasteiger partial charge in [-0.15, -0.1) is 0 Å². The van der Waals surface area contributed by atoms with Gasteiger partial charge in [0.25, 0.3) is 0 Å². The third kappa shape index (κ3) is 1.89. The van der Waals surface area contributed by atoms with Crippen molar-refractivity contribution in [3.8, 4) is 11.1 Å². The third-order valence-corrected chi connectivity index (χ3v) is 3.00. The van der Waals surface area contributed by atoms with Crippen LogP contribution in [0.15, 0.2) is 48.5 Å². The summed E-state index contributed by atoms with van der Waals surface area (Å²) in [6.07, 6.45) is 0. The fourth-order valence-electron chi connectivity index (χ4n) is 1.44. The molecule has 2 aromatic rings. The van der Waals surface area contributed by atoms with Gasteiger partial charge in [0.1, 0.15) is 0 Å². The number of rotatable bonds is 1. The average molecular weight is 246 g/mol. The van der Waals surface area contributed by atoms with Crippen LogP contribution in [0, 0.1) is 6.92 Å². The van der Waals surface area contributed by atoms with Crippen LogP contribution in [-0.4, -0.2) is 16.0 Å². The summed E-state index contributed by atoms with van der Waals surface area (Å²) in [7, 11) is 0. The van der Waals surface area contributed by atoms with E-state index in [9.17, 15) is 0 Å². The molecule has 69 valence electrons. The van der Waals surface area contributed by atoms with Crippen molar-refractivity contribution in [2.24, 2.45) is 0 Å². The molecule has 0 N–H and O–H groups in total. The number of benzene rings is 2. The molecule has 0 saturated heterocycles. The van der Waals surface area contributed by atoms with Gasteiger partial charge in [-0.25, -0.2) is 0 Å². The number of aryl methyl sites for hydroxylation is 1. The Hall–Kier alpha value is -1.04. The van der Waals surface area contributed by atoms with Gasteiger partial charge in [0, 0.05) is 0 Å². The van der Waals surface area contributed by atoms with Crippen molar-refractivity contribution in [1.29, 1.82) is 0 Å². The fourth-order valence-corrected chi connectivity index (χ4v) is 1.99. The van der Waals surface area contributed by atoms with E-state index in [0.29, 0.717) is 0 Å². The van der Waals surface area contributed by atoms with E-state index in [1.807, 2.05) is 6.07 Å². The first-order valence-electron chi connectivity index (χ1n) is 4.60. The Morgan fingerprint density at radius 2 is 1.50 bits per heavy atom. The van der Waals surface area contributed by atoms with Crippen molar-refractivity contribution in [1.82, 2.24) is 0 Å². The van der Waals surface area contributed by atoms with Crippen LogP contribution in [0.2, 0.25) is 0 Å². The fraction of sp³-hybridized carbons (Fsp3) is 0.0769. The first-order chi connectivity index (χ1) is 6.77. The molecule has 0 fully saturated rings. The first kappa shape index (κ1) is 9.51. The van der Waals surface area contributed by atoms with Crippen molar-refractivity contribution < 1.29 is 0 Å². The van der Waals surface area contributed by atoms with Gasteiger partial charge in [-0.1, -0.05) is 0 Å². The molecular weight excluding hydrogens is 235 g/mol. The first-order valence-corrected chi connectivity index (χ1v) is 5.46. The van der Waals surface area contributed by atoms with Gasteiger partial charge in [0.2, 0.25) is 0 Å². The van der Waals surface area contributed by atoms with Crippen molar-refractivity contribution >= 4 is 20.5 Å². The van der Waals surface area contributed by atoms with Gasteiger partial charge < -0.3 is 0 Å². The average Bonchev–Trinajstić information content (AvgIpc) is 2.20. The molecule has 1 radical (unpaired) electrons. The molecule has 0 aliphatic carbocycles. The zero-order valence-electron chi connectivity index (χ0n) is 8.03. The standard InChI is InChI=1S/C13H11Se/c1-10-6-8-11(9-7-10)12-4-2-3-5-13(12)14/h2-9H,1H3. The zero-order valence-corrected chi connectivity index (χ0v) is 9.74. The van der Waals surface area contributed by atoms with Crippen molar-refractivity contribution in [2.45, 2.75) is 6.92 Å². The Kier molecular flexibility index (Phi) is 2.72. The van der Waals surface area contributed by atoms with Gasteiger partial charge in [0.05, 0.1) is 0 Å². The molecule has 0 heterocycles. The molecular formula is C13H11Se. The predicted molar refractivity (Wildman–Crippen MR) is 62.0 cm³/mol. The Bertz CT molecular complexity index is 429. The van der Waals surface area contributed by atoms with Crippen LogP contribution in [0.1, 0.15) is 5.56 Å². The maximum absolute atomic E-state index is 3.08. The summed E-state index contributed by atoms with van der Waals surface area (Å²) >= 11 is 3.08. The molecule has 0 aromatic heterocycles. The Balaban J connectivity index is 2.50. The molecule has 0 nitrogen and oxygen atoms in total. The molecule has 14 heavy (non-hydrogen) atoms. The number of hydrogen-bond acceptors (Lipinski definition) is 0. The second-order valence-electron chi connectivity index (χ2n) is 3.36. The summed E-state index contributed by atoms with van der Waals surface area (Å²) < 4.78 is 1.20. The molecule has 2 aromatic carbocycles. The van der Waals surface area contributed by atoms with E-state index in [1.54, 1.807) is 0 Å². The van der Waals surface area contributed by atoms with Gasteiger partial charge in [-0.05, 0) is 0 Å². The van der Waals surface area contributed by atoms with Crippen molar-refractivity contribution in [2.75, 3.05) is 0 Å². The summed E-state index contributed by atoms with van der Waals surface area (Å²) in [4.78, 5) is 0. The maximum atomic E-state index is 3.08. The van der Waals surface area contributed by atoms with Crippen molar-refractivity contribution in [3.05, 3.63) is 54.1 Å². The Morgan fingerprint density at radius 1 is 0.857 bits per heavy atom. The second-order valence-corrected chi connectivity index (χ2v) is 4.28. The Labute approximate surface area is 92.8 Å². The van der Waals surface area contributed by atoms with Crippen LogP contribution >= 0.6 is 0 Å². The molecule has 0 aliphatic heterocycles. The van der Waals surface area contributed by atoms with Gasteiger partial charge in [-0.3, -0.25) is 0 Å². The molecule has 0 spiro atoms.